The van der Waals surface area contributed by atoms with E-state index in [0.717, 1.165) is 4.47 Å². The molecule has 3 heterocycles. The number of aryl methyl sites for hydroxylation is 1. The zero-order valence-corrected chi connectivity index (χ0v) is 18.9. The highest BCUT2D eigenvalue weighted by Gasteiger charge is 2.45. The smallest absolute Gasteiger partial charge is 0.296 e. The van der Waals surface area contributed by atoms with Crippen LogP contribution in [0, 0.1) is 6.92 Å². The lowest BCUT2D eigenvalue weighted by Crippen LogP contribution is -2.29. The molecular weight excluding hydrogens is 480 g/mol. The highest BCUT2D eigenvalue weighted by atomic mass is 79.9. The fourth-order valence-corrected chi connectivity index (χ4v) is 4.35. The van der Waals surface area contributed by atoms with Gasteiger partial charge in [-0.2, -0.15) is 0 Å². The molecule has 4 aromatic rings. The van der Waals surface area contributed by atoms with Crippen LogP contribution in [-0.4, -0.2) is 25.3 Å². The summed E-state index contributed by atoms with van der Waals surface area (Å²) in [6.45, 7) is 1.73. The van der Waals surface area contributed by atoms with Gasteiger partial charge in [0.25, 0.3) is 5.91 Å². The van der Waals surface area contributed by atoms with Crippen molar-refractivity contribution in [1.82, 2.24) is 5.16 Å². The Morgan fingerprint density at radius 2 is 1.81 bits per heavy atom. The zero-order chi connectivity index (χ0) is 22.6. The highest BCUT2D eigenvalue weighted by Crippen LogP contribution is 2.43. The largest absolute Gasteiger partial charge is 0.493 e. The Morgan fingerprint density at radius 3 is 2.50 bits per heavy atom. The lowest BCUT2D eigenvalue weighted by atomic mass is 9.98. The van der Waals surface area contributed by atoms with Crippen LogP contribution in [0.1, 0.15) is 33.5 Å². The molecule has 9 heteroatoms. The molecule has 1 aliphatic heterocycles. The number of halogens is 1. The van der Waals surface area contributed by atoms with Gasteiger partial charge in [-0.25, -0.2) is 0 Å². The standard InChI is InChI=1S/C23H17BrN2O6/c1-11-8-18(25-32-11)26-20(12-4-6-16(29-2)17(9-12)30-3)19-21(27)14-10-13(24)5-7-15(14)31-22(19)23(26)28/h4-10,20H,1-3H3. The summed E-state index contributed by atoms with van der Waals surface area (Å²) in [5, 5.41) is 4.39. The molecule has 0 radical (unpaired) electrons. The normalized spacial score (nSPS) is 15.3. The molecule has 0 bridgehead atoms. The average molecular weight is 497 g/mol. The molecule has 0 aliphatic carbocycles. The quantitative estimate of drug-likeness (QED) is 0.406. The van der Waals surface area contributed by atoms with E-state index in [9.17, 15) is 9.59 Å². The Hall–Kier alpha value is -3.59. The first-order valence-electron chi connectivity index (χ1n) is 9.68. The summed E-state index contributed by atoms with van der Waals surface area (Å²) in [5.41, 5.74) is 0.901. The third kappa shape index (κ3) is 3.00. The van der Waals surface area contributed by atoms with E-state index in [1.165, 1.54) is 19.1 Å². The fourth-order valence-electron chi connectivity index (χ4n) is 3.99. The van der Waals surface area contributed by atoms with Gasteiger partial charge in [-0.3, -0.25) is 14.5 Å². The number of hydrogen-bond acceptors (Lipinski definition) is 7. The predicted molar refractivity (Wildman–Crippen MR) is 120 cm³/mol. The lowest BCUT2D eigenvalue weighted by Gasteiger charge is -2.23. The number of hydrogen-bond donors (Lipinski definition) is 0. The molecule has 0 fully saturated rings. The van der Waals surface area contributed by atoms with E-state index in [1.54, 1.807) is 49.4 Å². The van der Waals surface area contributed by atoms with Crippen molar-refractivity contribution in [2.75, 3.05) is 19.1 Å². The number of carbonyl (C=O) groups excluding carboxylic acids is 1. The van der Waals surface area contributed by atoms with Crippen LogP contribution in [0.4, 0.5) is 5.82 Å². The minimum atomic E-state index is -0.790. The first kappa shape index (κ1) is 20.3. The molecule has 0 N–H and O–H groups in total. The van der Waals surface area contributed by atoms with Gasteiger partial charge in [0.1, 0.15) is 11.3 Å². The van der Waals surface area contributed by atoms with Gasteiger partial charge >= 0.3 is 0 Å². The van der Waals surface area contributed by atoms with Gasteiger partial charge in [0.2, 0.25) is 5.76 Å². The molecule has 8 nitrogen and oxygen atoms in total. The Labute approximate surface area is 190 Å². The van der Waals surface area contributed by atoms with Crippen LogP contribution in [0.25, 0.3) is 11.0 Å². The second-order valence-corrected chi connectivity index (χ2v) is 8.22. The maximum Gasteiger partial charge on any atom is 0.296 e. The first-order valence-corrected chi connectivity index (χ1v) is 10.5. The number of rotatable bonds is 4. The third-order valence-corrected chi connectivity index (χ3v) is 5.91. The van der Waals surface area contributed by atoms with Gasteiger partial charge < -0.3 is 18.4 Å². The maximum atomic E-state index is 13.6. The van der Waals surface area contributed by atoms with E-state index < -0.39 is 11.9 Å². The SMILES string of the molecule is COc1ccc(C2c3c(oc4ccc(Br)cc4c3=O)C(=O)N2c2cc(C)on2)cc1OC. The summed E-state index contributed by atoms with van der Waals surface area (Å²) < 4.78 is 22.7. The third-order valence-electron chi connectivity index (χ3n) is 5.42. The van der Waals surface area contributed by atoms with Gasteiger partial charge in [-0.05, 0) is 42.8 Å². The zero-order valence-electron chi connectivity index (χ0n) is 17.3. The van der Waals surface area contributed by atoms with Crippen molar-refractivity contribution in [3.8, 4) is 11.5 Å². The minimum Gasteiger partial charge on any atom is -0.493 e. The molecule has 5 rings (SSSR count). The molecular formula is C23H17BrN2O6. The van der Waals surface area contributed by atoms with Crippen LogP contribution in [-0.2, 0) is 0 Å². The van der Waals surface area contributed by atoms with E-state index in [0.29, 0.717) is 33.8 Å². The van der Waals surface area contributed by atoms with E-state index in [2.05, 4.69) is 21.1 Å². The van der Waals surface area contributed by atoms with Crippen LogP contribution in [0.3, 0.4) is 0 Å². The highest BCUT2D eigenvalue weighted by molar-refractivity contribution is 9.10. The number of anilines is 1. The van der Waals surface area contributed by atoms with Crippen molar-refractivity contribution in [1.29, 1.82) is 0 Å². The Kier molecular flexibility index (Phi) is 4.78. The number of aromatic nitrogens is 1. The second-order valence-electron chi connectivity index (χ2n) is 7.30. The first-order chi connectivity index (χ1) is 15.4. The topological polar surface area (TPSA) is 95.0 Å². The van der Waals surface area contributed by atoms with E-state index in [-0.39, 0.29) is 22.6 Å². The van der Waals surface area contributed by atoms with E-state index >= 15 is 0 Å². The summed E-state index contributed by atoms with van der Waals surface area (Å²) in [4.78, 5) is 28.5. The average Bonchev–Trinajstić information content (AvgIpc) is 3.34. The van der Waals surface area contributed by atoms with Gasteiger partial charge in [-0.1, -0.05) is 27.2 Å². The van der Waals surface area contributed by atoms with E-state index in [4.69, 9.17) is 18.4 Å². The predicted octanol–water partition coefficient (Wildman–Crippen LogP) is 4.62. The van der Waals surface area contributed by atoms with Crippen LogP contribution < -0.4 is 19.8 Å². The summed E-state index contributed by atoms with van der Waals surface area (Å²) in [5.74, 6) is 1.31. The summed E-state index contributed by atoms with van der Waals surface area (Å²) in [6.07, 6.45) is 0. The van der Waals surface area contributed by atoms with Crippen LogP contribution in [0.2, 0.25) is 0 Å². The number of fused-ring (bicyclic) bond motifs is 2. The number of nitrogens with zero attached hydrogens (tertiary/aromatic N) is 2. The van der Waals surface area contributed by atoms with Crippen molar-refractivity contribution in [2.45, 2.75) is 13.0 Å². The maximum absolute atomic E-state index is 13.6. The molecule has 1 aliphatic rings. The van der Waals surface area contributed by atoms with Gasteiger partial charge in [0.05, 0.1) is 31.2 Å². The molecule has 32 heavy (non-hydrogen) atoms. The van der Waals surface area contributed by atoms with Crippen LogP contribution >= 0.6 is 15.9 Å². The fraction of sp³-hybridized carbons (Fsp3) is 0.174. The monoisotopic (exact) mass is 496 g/mol. The Balaban J connectivity index is 1.81. The van der Waals surface area contributed by atoms with Crippen molar-refractivity contribution in [3.63, 3.8) is 0 Å². The number of amides is 1. The molecule has 0 spiro atoms. The second kappa shape index (κ2) is 7.52. The van der Waals surface area contributed by atoms with Crippen molar-refractivity contribution >= 4 is 38.6 Å². The van der Waals surface area contributed by atoms with Crippen LogP contribution in [0.5, 0.6) is 11.5 Å². The Morgan fingerprint density at radius 1 is 1.03 bits per heavy atom. The van der Waals surface area contributed by atoms with Crippen molar-refractivity contribution in [2.24, 2.45) is 0 Å². The lowest BCUT2D eigenvalue weighted by molar-refractivity contribution is 0.0969. The van der Waals surface area contributed by atoms with Crippen molar-refractivity contribution in [3.05, 3.63) is 79.8 Å². The number of benzene rings is 2. The molecule has 0 saturated carbocycles. The minimum absolute atomic E-state index is 0.0229. The number of carbonyl (C=O) groups is 1. The van der Waals surface area contributed by atoms with E-state index in [1.807, 2.05) is 0 Å². The molecule has 0 saturated heterocycles. The van der Waals surface area contributed by atoms with Gasteiger partial charge in [-0.15, -0.1) is 0 Å². The van der Waals surface area contributed by atoms with Gasteiger partial charge in [0, 0.05) is 10.5 Å². The Bertz CT molecular complexity index is 1440. The molecule has 2 aromatic heterocycles. The molecule has 1 unspecified atom stereocenters. The summed E-state index contributed by atoms with van der Waals surface area (Å²) >= 11 is 3.39. The number of ether oxygens (including phenoxy) is 2. The molecule has 1 atom stereocenters. The number of methoxy groups -OCH3 is 2. The van der Waals surface area contributed by atoms with Crippen molar-refractivity contribution < 1.29 is 23.2 Å². The van der Waals surface area contributed by atoms with Gasteiger partial charge in [0.15, 0.2) is 22.7 Å². The molecule has 162 valence electrons. The van der Waals surface area contributed by atoms with Crippen LogP contribution in [0.15, 0.2) is 60.7 Å². The summed E-state index contributed by atoms with van der Waals surface area (Å²) in [7, 11) is 3.06. The molecule has 1 amide bonds. The summed E-state index contributed by atoms with van der Waals surface area (Å²) in [6, 6.07) is 11.2. The molecule has 2 aromatic carbocycles.